The van der Waals surface area contributed by atoms with Crippen molar-refractivity contribution in [2.24, 2.45) is 0 Å². The van der Waals surface area contributed by atoms with Crippen LogP contribution in [0, 0.1) is 13.8 Å². The van der Waals surface area contributed by atoms with Gasteiger partial charge < -0.3 is 19.9 Å². The molecule has 0 saturated carbocycles. The smallest absolute Gasteiger partial charge is 0.418 e. The van der Waals surface area contributed by atoms with Gasteiger partial charge in [0, 0.05) is 17.6 Å². The highest BCUT2D eigenvalue weighted by Crippen LogP contribution is 2.46. The summed E-state index contributed by atoms with van der Waals surface area (Å²) in [5.41, 5.74) is 2.63. The Labute approximate surface area is 211 Å². The summed E-state index contributed by atoms with van der Waals surface area (Å²) in [7, 11) is 0. The van der Waals surface area contributed by atoms with Crippen LogP contribution in [0.25, 0.3) is 5.69 Å². The van der Waals surface area contributed by atoms with E-state index in [1.807, 2.05) is 29.2 Å². The highest BCUT2D eigenvalue weighted by molar-refractivity contribution is 7.80. The molecule has 2 atom stereocenters. The van der Waals surface area contributed by atoms with Crippen LogP contribution in [0.3, 0.4) is 0 Å². The second kappa shape index (κ2) is 8.98. The molecule has 0 aliphatic carbocycles. The normalized spacial score (nSPS) is 17.9. The van der Waals surface area contributed by atoms with Crippen LogP contribution in [0.1, 0.15) is 40.3 Å². The van der Waals surface area contributed by atoms with Crippen LogP contribution in [0.4, 0.5) is 18.9 Å². The van der Waals surface area contributed by atoms with E-state index in [4.69, 9.17) is 12.2 Å². The molecule has 184 valence electrons. The summed E-state index contributed by atoms with van der Waals surface area (Å²) in [6, 6.07) is 19.0. The highest BCUT2D eigenvalue weighted by Gasteiger charge is 2.43. The number of nitrogens with zero attached hydrogens (tertiary/aromatic N) is 3. The van der Waals surface area contributed by atoms with Gasteiger partial charge in [0.15, 0.2) is 5.11 Å². The van der Waals surface area contributed by atoms with Crippen molar-refractivity contribution in [1.82, 2.24) is 14.9 Å². The Morgan fingerprint density at radius 2 is 1.61 bits per heavy atom. The monoisotopic (exact) mass is 508 g/mol. The van der Waals surface area contributed by atoms with E-state index >= 15 is 0 Å². The number of pyridine rings is 1. The Morgan fingerprint density at radius 3 is 2.28 bits per heavy atom. The first-order chi connectivity index (χ1) is 17.2. The van der Waals surface area contributed by atoms with E-state index < -0.39 is 23.8 Å². The summed E-state index contributed by atoms with van der Waals surface area (Å²) in [6.45, 7) is 3.58. The number of halogens is 3. The molecule has 0 amide bonds. The Hall–Kier alpha value is -3.85. The molecular formula is C27H23F3N4OS. The van der Waals surface area contributed by atoms with Gasteiger partial charge >= 0.3 is 6.18 Å². The van der Waals surface area contributed by atoms with Crippen molar-refractivity contribution >= 4 is 23.0 Å². The van der Waals surface area contributed by atoms with Crippen LogP contribution in [-0.4, -0.2) is 19.8 Å². The number of thiocarbonyl (C=S) groups is 1. The van der Waals surface area contributed by atoms with Gasteiger partial charge in [-0.3, -0.25) is 4.98 Å². The topological polar surface area (TPSA) is 53.3 Å². The first-order valence-electron chi connectivity index (χ1n) is 11.3. The second-order valence-corrected chi connectivity index (χ2v) is 9.05. The summed E-state index contributed by atoms with van der Waals surface area (Å²) < 4.78 is 43.3. The molecule has 0 radical (unpaired) electrons. The molecule has 0 spiro atoms. The van der Waals surface area contributed by atoms with Gasteiger partial charge in [-0.1, -0.05) is 30.3 Å². The summed E-state index contributed by atoms with van der Waals surface area (Å²) in [5.74, 6) is 0.0459. The maximum absolute atomic E-state index is 13.9. The third-order valence-electron chi connectivity index (χ3n) is 6.48. The van der Waals surface area contributed by atoms with Crippen molar-refractivity contribution in [1.29, 1.82) is 0 Å². The van der Waals surface area contributed by atoms with E-state index in [0.29, 0.717) is 22.2 Å². The maximum atomic E-state index is 13.9. The number of hydrogen-bond acceptors (Lipinski definition) is 3. The van der Waals surface area contributed by atoms with Crippen molar-refractivity contribution in [3.05, 3.63) is 107 Å². The SMILES string of the molecule is Cc1cc(C2C(c3ccccn3)NC(=S)N2c2ccccc2O)c(C)n1-c1ccccc1C(F)(F)F. The summed E-state index contributed by atoms with van der Waals surface area (Å²) in [5, 5.41) is 14.4. The number of anilines is 1. The molecule has 5 rings (SSSR count). The molecule has 1 aliphatic heterocycles. The molecule has 1 fully saturated rings. The Kier molecular flexibility index (Phi) is 5.96. The van der Waals surface area contributed by atoms with Gasteiger partial charge in [0.25, 0.3) is 0 Å². The lowest BCUT2D eigenvalue weighted by Gasteiger charge is -2.28. The number of phenols is 1. The molecular weight excluding hydrogens is 485 g/mol. The number of benzene rings is 2. The summed E-state index contributed by atoms with van der Waals surface area (Å²) in [6.07, 6.45) is -2.82. The van der Waals surface area contributed by atoms with E-state index in [-0.39, 0.29) is 11.4 Å². The highest BCUT2D eigenvalue weighted by atomic mass is 32.1. The van der Waals surface area contributed by atoms with Gasteiger partial charge in [-0.25, -0.2) is 0 Å². The molecule has 2 aromatic heterocycles. The molecule has 9 heteroatoms. The number of rotatable bonds is 4. The van der Waals surface area contributed by atoms with E-state index in [0.717, 1.165) is 17.3 Å². The Morgan fingerprint density at radius 1 is 0.944 bits per heavy atom. The van der Waals surface area contributed by atoms with Crippen molar-refractivity contribution in [2.75, 3.05) is 4.90 Å². The van der Waals surface area contributed by atoms with Crippen LogP contribution < -0.4 is 10.2 Å². The van der Waals surface area contributed by atoms with Gasteiger partial charge in [-0.2, -0.15) is 13.2 Å². The predicted molar refractivity (Wildman–Crippen MR) is 136 cm³/mol. The molecule has 36 heavy (non-hydrogen) atoms. The lowest BCUT2D eigenvalue weighted by Crippen LogP contribution is -2.29. The van der Waals surface area contributed by atoms with Crippen molar-refractivity contribution in [3.63, 3.8) is 0 Å². The first-order valence-corrected chi connectivity index (χ1v) is 11.7. The van der Waals surface area contributed by atoms with E-state index in [1.54, 1.807) is 54.9 Å². The molecule has 2 unspecified atom stereocenters. The zero-order chi connectivity index (χ0) is 25.6. The number of aromatic nitrogens is 2. The quantitative estimate of drug-likeness (QED) is 0.313. The number of para-hydroxylation sites is 3. The zero-order valence-corrected chi connectivity index (χ0v) is 20.3. The Balaban J connectivity index is 1.72. The zero-order valence-electron chi connectivity index (χ0n) is 19.5. The molecule has 5 nitrogen and oxygen atoms in total. The molecule has 2 aromatic carbocycles. The van der Waals surface area contributed by atoms with Gasteiger partial charge in [-0.05, 0) is 74.1 Å². The van der Waals surface area contributed by atoms with Crippen LogP contribution in [0.2, 0.25) is 0 Å². The van der Waals surface area contributed by atoms with E-state index in [2.05, 4.69) is 10.3 Å². The van der Waals surface area contributed by atoms with Crippen molar-refractivity contribution < 1.29 is 18.3 Å². The fourth-order valence-electron chi connectivity index (χ4n) is 4.96. The number of hydrogen-bond donors (Lipinski definition) is 2. The Bertz CT molecular complexity index is 1430. The van der Waals surface area contributed by atoms with Gasteiger partial charge in [0.05, 0.1) is 34.7 Å². The predicted octanol–water partition coefficient (Wildman–Crippen LogP) is 6.39. The van der Waals surface area contributed by atoms with E-state index in [9.17, 15) is 18.3 Å². The number of aromatic hydroxyl groups is 1. The number of nitrogens with one attached hydrogen (secondary N) is 1. The van der Waals surface area contributed by atoms with Gasteiger partial charge in [0.1, 0.15) is 5.75 Å². The lowest BCUT2D eigenvalue weighted by atomic mass is 9.96. The minimum atomic E-state index is -4.51. The second-order valence-electron chi connectivity index (χ2n) is 8.66. The van der Waals surface area contributed by atoms with Gasteiger partial charge in [-0.15, -0.1) is 0 Å². The molecule has 0 bridgehead atoms. The van der Waals surface area contributed by atoms with E-state index in [1.165, 1.54) is 12.1 Å². The van der Waals surface area contributed by atoms with Crippen LogP contribution in [-0.2, 0) is 6.18 Å². The fourth-order valence-corrected chi connectivity index (χ4v) is 5.30. The molecule has 1 aliphatic rings. The standard InChI is InChI=1S/C27H23F3N4OS/c1-16-15-18(17(2)33(16)21-11-4-3-9-19(21)27(28,29)30)25-24(20-10-7-8-14-31-20)32-26(36)34(25)22-12-5-6-13-23(22)35/h3-15,24-25,35H,1-2H3,(H,32,36). The largest absolute Gasteiger partial charge is 0.506 e. The third-order valence-corrected chi connectivity index (χ3v) is 6.79. The average molecular weight is 509 g/mol. The fraction of sp³-hybridized carbons (Fsp3) is 0.185. The molecule has 4 aromatic rings. The van der Waals surface area contributed by atoms with Crippen LogP contribution >= 0.6 is 12.2 Å². The van der Waals surface area contributed by atoms with Crippen LogP contribution in [0.5, 0.6) is 5.75 Å². The third kappa shape index (κ3) is 3.99. The van der Waals surface area contributed by atoms with Crippen molar-refractivity contribution in [3.8, 4) is 11.4 Å². The molecule has 2 N–H and O–H groups in total. The maximum Gasteiger partial charge on any atom is 0.418 e. The molecule has 3 heterocycles. The summed E-state index contributed by atoms with van der Waals surface area (Å²) >= 11 is 5.70. The lowest BCUT2D eigenvalue weighted by molar-refractivity contribution is -0.137. The van der Waals surface area contributed by atoms with Crippen molar-refractivity contribution in [2.45, 2.75) is 32.1 Å². The van der Waals surface area contributed by atoms with Crippen LogP contribution in [0.15, 0.2) is 79.0 Å². The first kappa shape index (κ1) is 23.9. The summed E-state index contributed by atoms with van der Waals surface area (Å²) in [4.78, 5) is 6.33. The minimum Gasteiger partial charge on any atom is -0.506 e. The molecule has 1 saturated heterocycles. The minimum absolute atomic E-state index is 0.0459. The van der Waals surface area contributed by atoms with Gasteiger partial charge in [0.2, 0.25) is 0 Å². The average Bonchev–Trinajstić information content (AvgIpc) is 3.34. The number of aryl methyl sites for hydroxylation is 1. The number of phenolic OH excluding ortho intramolecular Hbond substituents is 1. The number of alkyl halides is 3.